The molecule has 0 amide bonds. The molecule has 0 unspecified atom stereocenters. The molecule has 1 N–H and O–H groups in total. The highest BCUT2D eigenvalue weighted by molar-refractivity contribution is 7.18. The second-order valence-corrected chi connectivity index (χ2v) is 5.69. The molecule has 0 atom stereocenters. The van der Waals surface area contributed by atoms with E-state index in [1.807, 2.05) is 23.5 Å². The SMILES string of the molecule is Clc1ccc2sc(C3CCNCC3)nc2c1.[Cl-]. The number of piperidine rings is 1. The lowest BCUT2D eigenvalue weighted by Crippen LogP contribution is -3.00. The zero-order chi connectivity index (χ0) is 11.0. The highest BCUT2D eigenvalue weighted by Crippen LogP contribution is 2.33. The van der Waals surface area contributed by atoms with Gasteiger partial charge in [-0.05, 0) is 44.1 Å². The number of benzene rings is 1. The molecule has 1 aliphatic heterocycles. The van der Waals surface area contributed by atoms with Gasteiger partial charge in [0.25, 0.3) is 0 Å². The maximum absolute atomic E-state index is 5.97. The topological polar surface area (TPSA) is 24.9 Å². The molecule has 5 heteroatoms. The third-order valence-electron chi connectivity index (χ3n) is 3.05. The van der Waals surface area contributed by atoms with Gasteiger partial charge >= 0.3 is 0 Å². The van der Waals surface area contributed by atoms with Crippen LogP contribution in [0.15, 0.2) is 18.2 Å². The fraction of sp³-hybridized carbons (Fsp3) is 0.417. The van der Waals surface area contributed by atoms with Crippen LogP contribution in [0, 0.1) is 0 Å². The number of hydrogen-bond donors (Lipinski definition) is 1. The molecule has 2 aromatic rings. The van der Waals surface area contributed by atoms with Crippen molar-refractivity contribution in [2.75, 3.05) is 13.1 Å². The Hall–Kier alpha value is -0.350. The van der Waals surface area contributed by atoms with E-state index in [4.69, 9.17) is 16.6 Å². The summed E-state index contributed by atoms with van der Waals surface area (Å²) in [6.07, 6.45) is 2.40. The third-order valence-corrected chi connectivity index (χ3v) is 4.49. The summed E-state index contributed by atoms with van der Waals surface area (Å²) < 4.78 is 1.25. The van der Waals surface area contributed by atoms with Gasteiger partial charge in [-0.2, -0.15) is 0 Å². The lowest BCUT2D eigenvalue weighted by atomic mass is 9.99. The quantitative estimate of drug-likeness (QED) is 0.823. The van der Waals surface area contributed by atoms with E-state index in [1.165, 1.54) is 22.5 Å². The van der Waals surface area contributed by atoms with Crippen molar-refractivity contribution in [2.24, 2.45) is 0 Å². The summed E-state index contributed by atoms with van der Waals surface area (Å²) in [6.45, 7) is 2.22. The van der Waals surface area contributed by atoms with Crippen LogP contribution in [-0.2, 0) is 0 Å². The lowest BCUT2D eigenvalue weighted by Gasteiger charge is -2.20. The minimum Gasteiger partial charge on any atom is -1.00 e. The number of halogens is 2. The molecule has 0 saturated carbocycles. The second kappa shape index (κ2) is 5.53. The molecule has 1 aromatic heterocycles. The first kappa shape index (κ1) is 13.1. The van der Waals surface area contributed by atoms with E-state index in [2.05, 4.69) is 11.4 Å². The lowest BCUT2D eigenvalue weighted by molar-refractivity contribution is -0.00000312. The number of aromatic nitrogens is 1. The Bertz CT molecular complexity index is 506. The average Bonchev–Trinajstić information content (AvgIpc) is 2.73. The minimum absolute atomic E-state index is 0. The normalized spacial score (nSPS) is 17.0. The van der Waals surface area contributed by atoms with Gasteiger partial charge < -0.3 is 17.7 Å². The fourth-order valence-electron chi connectivity index (χ4n) is 2.16. The van der Waals surface area contributed by atoms with Crippen LogP contribution in [0.5, 0.6) is 0 Å². The van der Waals surface area contributed by atoms with E-state index in [0.717, 1.165) is 23.6 Å². The third kappa shape index (κ3) is 2.74. The van der Waals surface area contributed by atoms with Gasteiger partial charge in [-0.25, -0.2) is 4.98 Å². The fourth-order valence-corrected chi connectivity index (χ4v) is 3.45. The molecular weight excluding hydrogens is 275 g/mol. The molecule has 1 fully saturated rings. The van der Waals surface area contributed by atoms with Crippen LogP contribution in [0.1, 0.15) is 23.8 Å². The molecule has 1 saturated heterocycles. The number of fused-ring (bicyclic) bond motifs is 1. The van der Waals surface area contributed by atoms with Crippen molar-refractivity contribution in [3.8, 4) is 0 Å². The van der Waals surface area contributed by atoms with Gasteiger partial charge in [0.2, 0.25) is 0 Å². The Balaban J connectivity index is 0.00000108. The summed E-state index contributed by atoms with van der Waals surface area (Å²) in [4.78, 5) is 4.70. The Labute approximate surface area is 116 Å². The van der Waals surface area contributed by atoms with Gasteiger partial charge in [0.1, 0.15) is 0 Å². The van der Waals surface area contributed by atoms with Gasteiger partial charge in [-0.3, -0.25) is 0 Å². The summed E-state index contributed by atoms with van der Waals surface area (Å²) in [5, 5.41) is 5.43. The van der Waals surface area contributed by atoms with E-state index in [9.17, 15) is 0 Å². The van der Waals surface area contributed by atoms with E-state index in [-0.39, 0.29) is 12.4 Å². The molecule has 2 nitrogen and oxygen atoms in total. The van der Waals surface area contributed by atoms with Gasteiger partial charge in [0, 0.05) is 10.9 Å². The van der Waals surface area contributed by atoms with E-state index in [0.29, 0.717) is 5.92 Å². The van der Waals surface area contributed by atoms with Gasteiger partial charge in [-0.15, -0.1) is 11.3 Å². The van der Waals surface area contributed by atoms with Crippen LogP contribution in [0.25, 0.3) is 10.2 Å². The predicted octanol–water partition coefficient (Wildman–Crippen LogP) is 0.421. The molecule has 0 radical (unpaired) electrons. The highest BCUT2D eigenvalue weighted by atomic mass is 35.5. The Morgan fingerprint density at radius 2 is 2.06 bits per heavy atom. The minimum atomic E-state index is 0. The molecule has 0 spiro atoms. The summed E-state index contributed by atoms with van der Waals surface area (Å²) in [5.41, 5.74) is 1.05. The number of nitrogens with one attached hydrogen (secondary N) is 1. The molecular formula is C12H13Cl2N2S-. The number of hydrogen-bond acceptors (Lipinski definition) is 3. The van der Waals surface area contributed by atoms with E-state index < -0.39 is 0 Å². The first-order valence-electron chi connectivity index (χ1n) is 5.59. The standard InChI is InChI=1S/C12H13ClN2S.ClH/c13-9-1-2-11-10(7-9)15-12(16-11)8-3-5-14-6-4-8;/h1-2,7-8,14H,3-6H2;1H/p-1. The zero-order valence-electron chi connectivity index (χ0n) is 9.25. The summed E-state index contributed by atoms with van der Waals surface area (Å²) in [6, 6.07) is 5.96. The van der Waals surface area contributed by atoms with Crippen LogP contribution in [0.4, 0.5) is 0 Å². The first-order valence-corrected chi connectivity index (χ1v) is 6.79. The van der Waals surface area contributed by atoms with Crippen LogP contribution in [-0.4, -0.2) is 18.1 Å². The molecule has 1 aromatic carbocycles. The van der Waals surface area contributed by atoms with Gasteiger partial charge in [0.15, 0.2) is 0 Å². The maximum atomic E-state index is 5.97. The molecule has 3 rings (SSSR count). The second-order valence-electron chi connectivity index (χ2n) is 4.19. The van der Waals surface area contributed by atoms with Crippen molar-refractivity contribution in [1.82, 2.24) is 10.3 Å². The van der Waals surface area contributed by atoms with Crippen molar-refractivity contribution in [3.63, 3.8) is 0 Å². The maximum Gasteiger partial charge on any atom is 0.0970 e. The summed E-state index contributed by atoms with van der Waals surface area (Å²) in [7, 11) is 0. The van der Waals surface area contributed by atoms with E-state index in [1.54, 1.807) is 0 Å². The highest BCUT2D eigenvalue weighted by Gasteiger charge is 2.18. The Morgan fingerprint density at radius 1 is 1.29 bits per heavy atom. The predicted molar refractivity (Wildman–Crippen MR) is 69.5 cm³/mol. The van der Waals surface area contributed by atoms with Crippen molar-refractivity contribution < 1.29 is 12.4 Å². The number of rotatable bonds is 1. The Kier molecular flexibility index (Phi) is 4.26. The zero-order valence-corrected chi connectivity index (χ0v) is 11.6. The molecule has 1 aliphatic rings. The monoisotopic (exact) mass is 287 g/mol. The summed E-state index contributed by atoms with van der Waals surface area (Å²) in [5.74, 6) is 0.637. The van der Waals surface area contributed by atoms with Crippen LogP contribution in [0.2, 0.25) is 5.02 Å². The number of thiazole rings is 1. The largest absolute Gasteiger partial charge is 1.00 e. The average molecular weight is 288 g/mol. The molecule has 17 heavy (non-hydrogen) atoms. The molecule has 2 heterocycles. The molecule has 0 bridgehead atoms. The molecule has 0 aliphatic carbocycles. The van der Waals surface area contributed by atoms with Crippen LogP contribution >= 0.6 is 22.9 Å². The van der Waals surface area contributed by atoms with Gasteiger partial charge in [0.05, 0.1) is 15.2 Å². The number of nitrogens with zero attached hydrogens (tertiary/aromatic N) is 1. The van der Waals surface area contributed by atoms with Gasteiger partial charge in [-0.1, -0.05) is 11.6 Å². The van der Waals surface area contributed by atoms with Crippen molar-refractivity contribution in [2.45, 2.75) is 18.8 Å². The van der Waals surface area contributed by atoms with Crippen molar-refractivity contribution in [3.05, 3.63) is 28.2 Å². The summed E-state index contributed by atoms with van der Waals surface area (Å²) >= 11 is 7.78. The van der Waals surface area contributed by atoms with E-state index >= 15 is 0 Å². The van der Waals surface area contributed by atoms with Crippen LogP contribution < -0.4 is 17.7 Å². The van der Waals surface area contributed by atoms with Crippen molar-refractivity contribution in [1.29, 1.82) is 0 Å². The Morgan fingerprint density at radius 3 is 2.82 bits per heavy atom. The van der Waals surface area contributed by atoms with Crippen LogP contribution in [0.3, 0.4) is 0 Å². The smallest absolute Gasteiger partial charge is 0.0970 e. The van der Waals surface area contributed by atoms with Crippen molar-refractivity contribution >= 4 is 33.2 Å². The molecule has 92 valence electrons. The first-order chi connectivity index (χ1) is 7.83.